The molecule has 9 nitrogen and oxygen atoms in total. The second-order valence-corrected chi connectivity index (χ2v) is 24.3. The molecule has 3 atom stereocenters. The molecular formula is C68H123N2O7P. The number of hydrogen-bond donors (Lipinski definition) is 1. The number of nitrogens with zero attached hydrogens (tertiary/aromatic N) is 1. The van der Waals surface area contributed by atoms with Crippen LogP contribution in [0.1, 0.15) is 284 Å². The summed E-state index contributed by atoms with van der Waals surface area (Å²) in [6.45, 7) is 6.72. The maximum absolute atomic E-state index is 13.6. The van der Waals surface area contributed by atoms with E-state index in [0.29, 0.717) is 17.4 Å². The number of carbonyl (C=O) groups is 2. The Balaban J connectivity index is 5.22. The van der Waals surface area contributed by atoms with Crippen LogP contribution in [0, 0.1) is 0 Å². The van der Waals surface area contributed by atoms with Crippen molar-refractivity contribution in [3.05, 3.63) is 85.1 Å². The van der Waals surface area contributed by atoms with Crippen molar-refractivity contribution in [3.63, 3.8) is 0 Å². The summed E-state index contributed by atoms with van der Waals surface area (Å²) < 4.78 is 30.3. The number of hydrogen-bond acceptors (Lipinski definition) is 7. The molecule has 0 aliphatic carbocycles. The molecule has 10 heteroatoms. The number of nitrogens with one attached hydrogen (secondary N) is 1. The molecule has 1 N–H and O–H groups in total. The molecule has 0 aliphatic heterocycles. The fourth-order valence-corrected chi connectivity index (χ4v) is 9.80. The molecule has 0 aromatic carbocycles. The molecule has 3 unspecified atom stereocenters. The summed E-state index contributed by atoms with van der Waals surface area (Å²) in [5.41, 5.74) is 0. The van der Waals surface area contributed by atoms with E-state index in [2.05, 4.69) is 99.0 Å². The Morgan fingerprint density at radius 1 is 0.462 bits per heavy atom. The van der Waals surface area contributed by atoms with Crippen molar-refractivity contribution in [1.29, 1.82) is 0 Å². The zero-order chi connectivity index (χ0) is 57.2. The number of amides is 1. The molecule has 0 spiro atoms. The first kappa shape index (κ1) is 75.2. The summed E-state index contributed by atoms with van der Waals surface area (Å²) in [6, 6.07) is -0.900. The molecule has 78 heavy (non-hydrogen) atoms. The fourth-order valence-electron chi connectivity index (χ4n) is 9.07. The first-order valence-electron chi connectivity index (χ1n) is 32.4. The van der Waals surface area contributed by atoms with Gasteiger partial charge in [0.15, 0.2) is 0 Å². The van der Waals surface area contributed by atoms with Crippen LogP contribution in [0.15, 0.2) is 85.1 Å². The Morgan fingerprint density at radius 3 is 1.24 bits per heavy atom. The minimum atomic E-state index is -4.71. The van der Waals surface area contributed by atoms with Crippen molar-refractivity contribution in [2.75, 3.05) is 40.9 Å². The van der Waals surface area contributed by atoms with Crippen LogP contribution in [0.4, 0.5) is 0 Å². The molecule has 0 saturated carbocycles. The number of unbranched alkanes of at least 4 members (excludes halogenated alkanes) is 30. The largest absolute Gasteiger partial charge is 0.756 e. The summed E-state index contributed by atoms with van der Waals surface area (Å²) in [6.07, 6.45) is 75.4. The zero-order valence-corrected chi connectivity index (χ0v) is 52.5. The maximum Gasteiger partial charge on any atom is 0.306 e. The van der Waals surface area contributed by atoms with Gasteiger partial charge in [-0.05, 0) is 102 Å². The predicted molar refractivity (Wildman–Crippen MR) is 335 cm³/mol. The number of quaternary nitrogens is 1. The summed E-state index contributed by atoms with van der Waals surface area (Å²) in [5, 5.41) is 3.03. The van der Waals surface area contributed by atoms with Gasteiger partial charge in [-0.3, -0.25) is 14.2 Å². The van der Waals surface area contributed by atoms with E-state index in [0.717, 1.165) is 116 Å². The van der Waals surface area contributed by atoms with Gasteiger partial charge in [-0.1, -0.05) is 254 Å². The van der Waals surface area contributed by atoms with Crippen molar-refractivity contribution in [2.45, 2.75) is 296 Å². The van der Waals surface area contributed by atoms with Crippen molar-refractivity contribution in [1.82, 2.24) is 5.32 Å². The van der Waals surface area contributed by atoms with Crippen molar-refractivity contribution in [2.24, 2.45) is 0 Å². The molecule has 0 rings (SSSR count). The lowest BCUT2D eigenvalue weighted by Crippen LogP contribution is -2.47. The Morgan fingerprint density at radius 2 is 0.821 bits per heavy atom. The third-order valence-corrected chi connectivity index (χ3v) is 15.0. The van der Waals surface area contributed by atoms with Crippen LogP contribution >= 0.6 is 7.82 Å². The van der Waals surface area contributed by atoms with E-state index in [4.69, 9.17) is 13.8 Å². The topological polar surface area (TPSA) is 114 Å². The smallest absolute Gasteiger partial charge is 0.306 e. The van der Waals surface area contributed by atoms with Gasteiger partial charge in [-0.15, -0.1) is 0 Å². The molecule has 0 aliphatic rings. The molecular weight excluding hydrogens is 988 g/mol. The van der Waals surface area contributed by atoms with Gasteiger partial charge in [-0.25, -0.2) is 0 Å². The van der Waals surface area contributed by atoms with Crippen LogP contribution in [0.2, 0.25) is 0 Å². The van der Waals surface area contributed by atoms with Crippen LogP contribution in [0.5, 0.6) is 0 Å². The fraction of sp³-hybridized carbons (Fsp3) is 0.765. The van der Waals surface area contributed by atoms with Crippen LogP contribution in [-0.4, -0.2) is 69.4 Å². The Hall–Kier alpha value is -2.81. The minimum Gasteiger partial charge on any atom is -0.756 e. The maximum atomic E-state index is 13.6. The zero-order valence-electron chi connectivity index (χ0n) is 51.6. The highest BCUT2D eigenvalue weighted by Crippen LogP contribution is 2.38. The molecule has 1 amide bonds. The molecule has 0 bridgehead atoms. The number of phosphoric acid groups is 1. The standard InChI is InChI=1S/C68H123N2O7P/c1-7-10-13-16-19-22-25-28-30-32-33-34-35-36-37-39-40-42-45-48-51-54-57-60-67(71)69-65(64-76-78(73,74)75-63-62-70(4,5)6)66(59-56-53-50-47-44-27-24-21-18-15-12-9-3)77-68(72)61-58-55-52-49-46-43-41-38-31-29-26-23-20-17-14-11-8-2/h10,13,19,22,28-31,33-34,36-37,56,59,65-66H,7-9,11-12,14-18,20-21,23-27,32,35,38-55,57-58,60-64H2,1-6H3,(H-,69,71,73,74)/b13-10-,22-19-,30-28-,31-29+,34-33-,37-36-,59-56-. The second-order valence-electron chi connectivity index (χ2n) is 22.9. The third-order valence-electron chi connectivity index (χ3n) is 14.1. The van der Waals surface area contributed by atoms with E-state index in [9.17, 15) is 19.0 Å². The van der Waals surface area contributed by atoms with E-state index in [-0.39, 0.29) is 24.9 Å². The van der Waals surface area contributed by atoms with Gasteiger partial charge in [0.25, 0.3) is 7.82 Å². The molecule has 0 heterocycles. The lowest BCUT2D eigenvalue weighted by Gasteiger charge is -2.30. The summed E-state index contributed by atoms with van der Waals surface area (Å²) in [7, 11) is 1.17. The molecule has 0 fully saturated rings. The second kappa shape index (κ2) is 57.4. The van der Waals surface area contributed by atoms with Crippen molar-refractivity contribution >= 4 is 19.7 Å². The third kappa shape index (κ3) is 57.9. The average Bonchev–Trinajstić information content (AvgIpc) is 3.40. The van der Waals surface area contributed by atoms with Crippen LogP contribution in [0.25, 0.3) is 0 Å². The molecule has 0 aromatic heterocycles. The lowest BCUT2D eigenvalue weighted by molar-refractivity contribution is -0.870. The van der Waals surface area contributed by atoms with Gasteiger partial charge in [-0.2, -0.15) is 0 Å². The van der Waals surface area contributed by atoms with Gasteiger partial charge < -0.3 is 28.5 Å². The first-order valence-corrected chi connectivity index (χ1v) is 33.9. The number of esters is 1. The average molecular weight is 1110 g/mol. The van der Waals surface area contributed by atoms with Crippen LogP contribution in [0.3, 0.4) is 0 Å². The number of phosphoric ester groups is 1. The highest BCUT2D eigenvalue weighted by molar-refractivity contribution is 7.45. The number of allylic oxidation sites excluding steroid dienone is 13. The normalized spacial score (nSPS) is 14.2. The number of carbonyl (C=O) groups excluding carboxylic acids is 2. The van der Waals surface area contributed by atoms with Gasteiger partial charge in [0.1, 0.15) is 19.3 Å². The highest BCUT2D eigenvalue weighted by Gasteiger charge is 2.27. The first-order chi connectivity index (χ1) is 37.9. The van der Waals surface area contributed by atoms with Crippen molar-refractivity contribution < 1.29 is 37.3 Å². The summed E-state index contributed by atoms with van der Waals surface area (Å²) >= 11 is 0. The van der Waals surface area contributed by atoms with Crippen LogP contribution in [-0.2, 0) is 27.9 Å². The quantitative estimate of drug-likeness (QED) is 0.0212. The summed E-state index contributed by atoms with van der Waals surface area (Å²) in [4.78, 5) is 40.0. The summed E-state index contributed by atoms with van der Waals surface area (Å²) in [5.74, 6) is -0.557. The monoisotopic (exact) mass is 1110 g/mol. The van der Waals surface area contributed by atoms with Gasteiger partial charge in [0, 0.05) is 12.8 Å². The molecule has 452 valence electrons. The SMILES string of the molecule is CC/C=C\C/C=C\C/C=C\C/C=C\C/C=C\CCCCCCCCCC(=O)NC(COP(=O)([O-])OCC[N+](C)(C)C)C(/C=C\CCCCCCCCCCCC)OC(=O)CCCCCCCCC/C=C/CCCCCCCC. The molecule has 0 saturated heterocycles. The lowest BCUT2D eigenvalue weighted by atomic mass is 10.0. The van der Waals surface area contributed by atoms with Gasteiger partial charge >= 0.3 is 5.97 Å². The van der Waals surface area contributed by atoms with Crippen LogP contribution < -0.4 is 10.2 Å². The van der Waals surface area contributed by atoms with E-state index in [1.165, 1.54) is 135 Å². The number of ether oxygens (including phenoxy) is 1. The van der Waals surface area contributed by atoms with E-state index in [1.807, 2.05) is 33.3 Å². The number of likely N-dealkylation sites (N-methyl/N-ethyl adjacent to an activating group) is 1. The Labute approximate surface area is 482 Å². The van der Waals surface area contributed by atoms with Gasteiger partial charge in [0.2, 0.25) is 5.91 Å². The van der Waals surface area contributed by atoms with E-state index in [1.54, 1.807) is 0 Å². The van der Waals surface area contributed by atoms with E-state index < -0.39 is 26.6 Å². The molecule has 0 aromatic rings. The Bertz CT molecular complexity index is 1610. The minimum absolute atomic E-state index is 0.0283. The molecule has 0 radical (unpaired) electrons. The van der Waals surface area contributed by atoms with Gasteiger partial charge in [0.05, 0.1) is 33.8 Å². The van der Waals surface area contributed by atoms with Crippen molar-refractivity contribution in [3.8, 4) is 0 Å². The predicted octanol–water partition coefficient (Wildman–Crippen LogP) is 19.5. The Kier molecular flexibility index (Phi) is 55.4. The highest BCUT2D eigenvalue weighted by atomic mass is 31.2. The number of rotatable bonds is 58. The van der Waals surface area contributed by atoms with E-state index >= 15 is 0 Å².